The summed E-state index contributed by atoms with van der Waals surface area (Å²) in [6, 6.07) is 20.2. The summed E-state index contributed by atoms with van der Waals surface area (Å²) in [6.07, 6.45) is 7.69. The van der Waals surface area contributed by atoms with Crippen molar-refractivity contribution in [3.63, 3.8) is 0 Å². The van der Waals surface area contributed by atoms with Crippen molar-refractivity contribution in [2.45, 2.75) is 75.3 Å². The van der Waals surface area contributed by atoms with Crippen LogP contribution in [0.15, 0.2) is 71.5 Å². The Hall–Kier alpha value is -5.51. The highest BCUT2D eigenvalue weighted by atomic mass is 19.1. The highest BCUT2D eigenvalue weighted by Gasteiger charge is 2.55. The molecule has 342 valence electrons. The Morgan fingerprint density at radius 2 is 1.49 bits per heavy atom. The van der Waals surface area contributed by atoms with Gasteiger partial charge in [-0.3, -0.25) is 28.9 Å². The van der Waals surface area contributed by atoms with E-state index in [1.807, 2.05) is 45.0 Å². The Morgan fingerprint density at radius 3 is 2.23 bits per heavy atom. The Balaban J connectivity index is 0.684. The molecule has 4 amide bonds. The van der Waals surface area contributed by atoms with Crippen LogP contribution in [0.2, 0.25) is 0 Å². The average Bonchev–Trinajstić information content (AvgIpc) is 4.20. The molecule has 1 atom stereocenters. The molecule has 0 spiro atoms. The number of rotatable bonds is 11. The molecule has 14 nitrogen and oxygen atoms in total. The first kappa shape index (κ1) is 43.4. The molecule has 0 radical (unpaired) electrons. The summed E-state index contributed by atoms with van der Waals surface area (Å²) >= 11 is 0. The zero-order chi connectivity index (χ0) is 44.7. The van der Waals surface area contributed by atoms with Crippen LogP contribution in [0, 0.1) is 11.2 Å². The van der Waals surface area contributed by atoms with E-state index in [0.29, 0.717) is 99.0 Å². The normalized spacial score (nSPS) is 25.0. The number of fused-ring (bicyclic) bond motifs is 4. The number of carbonyl (C=O) groups is 4. The van der Waals surface area contributed by atoms with E-state index in [-0.39, 0.29) is 40.4 Å². The summed E-state index contributed by atoms with van der Waals surface area (Å²) in [4.78, 5) is 76.6. The molecule has 65 heavy (non-hydrogen) atoms. The summed E-state index contributed by atoms with van der Waals surface area (Å²) in [7, 11) is 0. The van der Waals surface area contributed by atoms with E-state index in [1.54, 1.807) is 29.2 Å². The fraction of sp³-hybridized carbons (Fsp3) is 0.520. The topological polar surface area (TPSA) is 151 Å². The van der Waals surface area contributed by atoms with Crippen LogP contribution in [0.25, 0.3) is 10.8 Å². The van der Waals surface area contributed by atoms with Gasteiger partial charge in [0.25, 0.3) is 17.4 Å². The molecule has 2 saturated carbocycles. The van der Waals surface area contributed by atoms with Gasteiger partial charge < -0.3 is 29.7 Å². The van der Waals surface area contributed by atoms with E-state index >= 15 is 4.39 Å². The molecule has 1 aromatic heterocycles. The van der Waals surface area contributed by atoms with Gasteiger partial charge in [0.15, 0.2) is 0 Å². The predicted octanol–water partition coefficient (Wildman–Crippen LogP) is 4.18. The van der Waals surface area contributed by atoms with Crippen molar-refractivity contribution >= 4 is 34.4 Å². The van der Waals surface area contributed by atoms with Gasteiger partial charge in [-0.2, -0.15) is 5.10 Å². The summed E-state index contributed by atoms with van der Waals surface area (Å²) in [6.45, 7) is 7.20. The zero-order valence-corrected chi connectivity index (χ0v) is 37.1. The van der Waals surface area contributed by atoms with Crippen molar-refractivity contribution in [3.8, 4) is 0 Å². The molecule has 5 saturated heterocycles. The number of halogens is 1. The number of aromatic nitrogens is 2. The molecule has 15 heteroatoms. The third kappa shape index (κ3) is 9.07. The first-order chi connectivity index (χ1) is 31.6. The zero-order valence-electron chi connectivity index (χ0n) is 37.1. The maximum absolute atomic E-state index is 15.2. The van der Waals surface area contributed by atoms with Crippen LogP contribution in [0.4, 0.5) is 4.39 Å². The van der Waals surface area contributed by atoms with E-state index < -0.39 is 17.1 Å². The number of hydrogen-bond donors (Lipinski definition) is 2. The molecule has 0 unspecified atom stereocenters. The lowest BCUT2D eigenvalue weighted by molar-refractivity contribution is -0.203. The molecule has 2 bridgehead atoms. The fourth-order valence-electron chi connectivity index (χ4n) is 10.9. The van der Waals surface area contributed by atoms with Crippen LogP contribution in [-0.2, 0) is 20.7 Å². The summed E-state index contributed by atoms with van der Waals surface area (Å²) in [5.74, 6) is -0.492. The summed E-state index contributed by atoms with van der Waals surface area (Å²) in [5, 5.41) is 11.4. The molecule has 7 aliphatic rings. The number of piperidine rings is 1. The molecule has 11 rings (SSSR count). The van der Waals surface area contributed by atoms with Crippen molar-refractivity contribution < 1.29 is 28.3 Å². The number of nitrogens with zero attached hydrogens (tertiary/aromatic N) is 6. The molecule has 7 fully saturated rings. The number of H-pyrrole nitrogens is 1. The Bertz CT molecular complexity index is 2500. The second-order valence-electron chi connectivity index (χ2n) is 19.4. The van der Waals surface area contributed by atoms with Crippen LogP contribution >= 0.6 is 0 Å². The lowest BCUT2D eigenvalue weighted by Gasteiger charge is -2.55. The van der Waals surface area contributed by atoms with Gasteiger partial charge in [0.2, 0.25) is 11.8 Å². The predicted molar refractivity (Wildman–Crippen MR) is 242 cm³/mol. The number of nitrogens with one attached hydrogen (secondary N) is 2. The molecule has 3 aromatic carbocycles. The molecule has 4 aromatic rings. The van der Waals surface area contributed by atoms with Gasteiger partial charge in [-0.25, -0.2) is 9.49 Å². The maximum atomic E-state index is 15.2. The second-order valence-corrected chi connectivity index (χ2v) is 19.4. The van der Waals surface area contributed by atoms with Gasteiger partial charge in [0.1, 0.15) is 5.82 Å². The first-order valence-corrected chi connectivity index (χ1v) is 23.7. The van der Waals surface area contributed by atoms with E-state index in [2.05, 4.69) is 26.5 Å². The number of ether oxygens (including phenoxy) is 1. The lowest BCUT2D eigenvalue weighted by atomic mass is 9.65. The molecule has 5 aliphatic heterocycles. The number of hydrogen-bond acceptors (Lipinski definition) is 9. The minimum Gasteiger partial charge on any atom is -0.373 e. The van der Waals surface area contributed by atoms with E-state index in [9.17, 15) is 24.0 Å². The number of amides is 4. The molecular formula is C50H59FN8O6. The van der Waals surface area contributed by atoms with Gasteiger partial charge in [-0.15, -0.1) is 0 Å². The third-order valence-electron chi connectivity index (χ3n) is 15.2. The summed E-state index contributed by atoms with van der Waals surface area (Å²) < 4.78 is 21.8. The van der Waals surface area contributed by atoms with E-state index in [1.165, 1.54) is 6.07 Å². The first-order valence-electron chi connectivity index (χ1n) is 23.7. The third-order valence-corrected chi connectivity index (χ3v) is 15.2. The lowest BCUT2D eigenvalue weighted by Crippen LogP contribution is -2.63. The van der Waals surface area contributed by atoms with E-state index in [4.69, 9.17) is 4.74 Å². The molecular weight excluding hydrogens is 828 g/mol. The van der Waals surface area contributed by atoms with Crippen LogP contribution in [0.1, 0.15) is 94.8 Å². The van der Waals surface area contributed by atoms with Crippen molar-refractivity contribution in [1.82, 2.24) is 40.0 Å². The van der Waals surface area contributed by atoms with Crippen LogP contribution in [0.5, 0.6) is 0 Å². The minimum absolute atomic E-state index is 0.0220. The van der Waals surface area contributed by atoms with Gasteiger partial charge in [-0.05, 0) is 92.8 Å². The highest BCUT2D eigenvalue weighted by Crippen LogP contribution is 2.50. The van der Waals surface area contributed by atoms with Crippen molar-refractivity contribution in [2.24, 2.45) is 5.41 Å². The van der Waals surface area contributed by atoms with Crippen molar-refractivity contribution in [1.29, 1.82) is 0 Å². The number of aromatic amines is 1. The standard InChI is InChI=1S/C50H59FN8O6/c51-42-13-10-34(28-43-39-8-1-2-9-40(39)45(61)54-53-43)27-41(42)47(63)57-23-25-58(26-24-57)48(64)49-14-16-50(17-15-49,65-33-49)32-55-19-21-56(22-20-55)46(62)36-6-3-5-35(29-36)37-7-4-18-59(31-37)44(60)30-52-38-11-12-38/h1-3,5-6,8-10,13,27,29,37-38,52H,4,7,11-12,14-26,28,30-33H2,(H,54,61)/t37-,49?,50?/m1/s1. The Kier molecular flexibility index (Phi) is 12.0. The van der Waals surface area contributed by atoms with Crippen LogP contribution < -0.4 is 10.9 Å². The van der Waals surface area contributed by atoms with Crippen LogP contribution in [0.3, 0.4) is 0 Å². The maximum Gasteiger partial charge on any atom is 0.272 e. The second kappa shape index (κ2) is 18.0. The van der Waals surface area contributed by atoms with Gasteiger partial charge >= 0.3 is 0 Å². The number of likely N-dealkylation sites (tertiary alicyclic amines) is 1. The number of benzene rings is 3. The highest BCUT2D eigenvalue weighted by molar-refractivity contribution is 5.95. The Labute approximate surface area is 378 Å². The van der Waals surface area contributed by atoms with Gasteiger partial charge in [0, 0.05) is 101 Å². The monoisotopic (exact) mass is 886 g/mol. The number of piperazine rings is 2. The fourth-order valence-corrected chi connectivity index (χ4v) is 10.9. The van der Waals surface area contributed by atoms with Gasteiger partial charge in [-0.1, -0.05) is 36.4 Å². The van der Waals surface area contributed by atoms with Gasteiger partial charge in [0.05, 0.1) is 40.8 Å². The molecule has 6 heterocycles. The van der Waals surface area contributed by atoms with Crippen molar-refractivity contribution in [3.05, 3.63) is 111 Å². The summed E-state index contributed by atoms with van der Waals surface area (Å²) in [5.41, 5.74) is 1.97. The number of carbonyl (C=O) groups excluding carboxylic acids is 4. The van der Waals surface area contributed by atoms with Crippen LogP contribution in [-0.4, -0.2) is 155 Å². The van der Waals surface area contributed by atoms with E-state index in [0.717, 1.165) is 83.1 Å². The molecule has 2 aliphatic carbocycles. The largest absolute Gasteiger partial charge is 0.373 e. The SMILES string of the molecule is O=C(CNC1CC1)N1CCC[C@@H](c2cccc(C(=O)N3CCN(CC45CCC(C(=O)N6CCN(C(=O)c7cc(Cc8n[nH]c(=O)c9ccccc89)ccc7F)CC6)(CC4)CO5)CC3)c2)C1. The minimum atomic E-state index is -0.605. The molecule has 2 N–H and O–H groups in total. The average molecular weight is 887 g/mol. The van der Waals surface area contributed by atoms with Crippen molar-refractivity contribution in [2.75, 3.05) is 85.1 Å². The Morgan fingerprint density at radius 1 is 0.769 bits per heavy atom. The smallest absolute Gasteiger partial charge is 0.272 e. The quantitative estimate of drug-likeness (QED) is 0.226.